The molecule has 0 saturated heterocycles. The molecule has 0 aliphatic heterocycles. The first-order valence-electron chi connectivity index (χ1n) is 4.36. The van der Waals surface area contributed by atoms with Crippen molar-refractivity contribution in [1.29, 1.82) is 0 Å². The molecule has 1 aromatic heterocycles. The third-order valence-corrected chi connectivity index (χ3v) is 2.02. The van der Waals surface area contributed by atoms with E-state index in [9.17, 15) is 4.79 Å². The van der Waals surface area contributed by atoms with Crippen LogP contribution in [-0.2, 0) is 7.05 Å². The first-order chi connectivity index (χ1) is 7.22. The molecule has 1 heterocycles. The molecular weight excluding hydrogens is 196 g/mol. The third kappa shape index (κ3) is 1.61. The second-order valence-electron chi connectivity index (χ2n) is 3.00. The lowest BCUT2D eigenvalue weighted by Gasteiger charge is -2.01. The summed E-state index contributed by atoms with van der Waals surface area (Å²) in [6.45, 7) is 0. The van der Waals surface area contributed by atoms with E-state index in [1.165, 1.54) is 9.36 Å². The highest BCUT2D eigenvalue weighted by Crippen LogP contribution is 2.13. The van der Waals surface area contributed by atoms with E-state index < -0.39 is 0 Å². The minimum absolute atomic E-state index is 0.289. The molecule has 0 saturated carbocycles. The summed E-state index contributed by atoms with van der Waals surface area (Å²) in [5.74, 6) is 0.671. The van der Waals surface area contributed by atoms with Gasteiger partial charge in [-0.1, -0.05) is 6.07 Å². The SMILES string of the molecule is COc1cccc(-n2nnn(C)c2=O)c1. The number of aromatic nitrogens is 4. The Morgan fingerprint density at radius 1 is 1.33 bits per heavy atom. The van der Waals surface area contributed by atoms with Crippen LogP contribution in [0.5, 0.6) is 5.75 Å². The van der Waals surface area contributed by atoms with Crippen molar-refractivity contribution in [3.63, 3.8) is 0 Å². The Labute approximate surface area is 85.7 Å². The maximum absolute atomic E-state index is 11.5. The van der Waals surface area contributed by atoms with Crippen molar-refractivity contribution < 1.29 is 4.74 Å². The molecule has 15 heavy (non-hydrogen) atoms. The maximum Gasteiger partial charge on any atom is 0.368 e. The predicted octanol–water partition coefficient (Wildman–Crippen LogP) is -0.0254. The fourth-order valence-electron chi connectivity index (χ4n) is 1.22. The van der Waals surface area contributed by atoms with Crippen LogP contribution in [0.1, 0.15) is 0 Å². The maximum atomic E-state index is 11.5. The molecule has 0 fully saturated rings. The largest absolute Gasteiger partial charge is 0.497 e. The van der Waals surface area contributed by atoms with E-state index in [4.69, 9.17) is 4.74 Å². The van der Waals surface area contributed by atoms with Gasteiger partial charge >= 0.3 is 5.69 Å². The average Bonchev–Trinajstić information content (AvgIpc) is 2.60. The Kier molecular flexibility index (Phi) is 2.24. The number of aryl methyl sites for hydroxylation is 1. The third-order valence-electron chi connectivity index (χ3n) is 2.02. The molecule has 0 aliphatic rings. The standard InChI is InChI=1S/C9H10N4O2/c1-12-9(14)13(11-10-12)7-4-3-5-8(6-7)15-2/h3-6H,1-2H3. The van der Waals surface area contributed by atoms with Gasteiger partial charge in [-0.3, -0.25) is 0 Å². The predicted molar refractivity (Wildman–Crippen MR) is 53.2 cm³/mol. The van der Waals surface area contributed by atoms with Crippen molar-refractivity contribution in [2.75, 3.05) is 7.11 Å². The van der Waals surface area contributed by atoms with Gasteiger partial charge in [0.25, 0.3) is 0 Å². The van der Waals surface area contributed by atoms with Gasteiger partial charge in [-0.2, -0.15) is 9.36 Å². The van der Waals surface area contributed by atoms with Gasteiger partial charge in [0.05, 0.1) is 12.8 Å². The zero-order chi connectivity index (χ0) is 10.8. The fourth-order valence-corrected chi connectivity index (χ4v) is 1.22. The summed E-state index contributed by atoms with van der Waals surface area (Å²) in [6.07, 6.45) is 0. The van der Waals surface area contributed by atoms with Gasteiger partial charge in [-0.25, -0.2) is 4.79 Å². The molecule has 0 N–H and O–H groups in total. The van der Waals surface area contributed by atoms with E-state index in [0.717, 1.165) is 0 Å². The van der Waals surface area contributed by atoms with Crippen molar-refractivity contribution in [3.8, 4) is 11.4 Å². The molecule has 0 atom stereocenters. The molecule has 78 valence electrons. The smallest absolute Gasteiger partial charge is 0.368 e. The quantitative estimate of drug-likeness (QED) is 0.692. The van der Waals surface area contributed by atoms with Crippen LogP contribution in [0.15, 0.2) is 29.1 Å². The summed E-state index contributed by atoms with van der Waals surface area (Å²) in [5.41, 5.74) is 0.343. The monoisotopic (exact) mass is 206 g/mol. The summed E-state index contributed by atoms with van der Waals surface area (Å²) in [4.78, 5) is 11.5. The van der Waals surface area contributed by atoms with Gasteiger partial charge in [-0.15, -0.1) is 0 Å². The van der Waals surface area contributed by atoms with Gasteiger partial charge in [0.1, 0.15) is 5.75 Å². The highest BCUT2D eigenvalue weighted by molar-refractivity contribution is 5.37. The van der Waals surface area contributed by atoms with E-state index >= 15 is 0 Å². The number of hydrogen-bond acceptors (Lipinski definition) is 4. The number of benzene rings is 1. The number of tetrazole rings is 1. The second kappa shape index (κ2) is 3.56. The van der Waals surface area contributed by atoms with Crippen molar-refractivity contribution in [3.05, 3.63) is 34.7 Å². The number of nitrogens with zero attached hydrogens (tertiary/aromatic N) is 4. The van der Waals surface area contributed by atoms with Crippen molar-refractivity contribution in [2.45, 2.75) is 0 Å². The molecule has 0 unspecified atom stereocenters. The van der Waals surface area contributed by atoms with Crippen LogP contribution in [0.25, 0.3) is 5.69 Å². The Balaban J connectivity index is 2.54. The zero-order valence-corrected chi connectivity index (χ0v) is 8.41. The average molecular weight is 206 g/mol. The van der Waals surface area contributed by atoms with Crippen LogP contribution in [0.2, 0.25) is 0 Å². The summed E-state index contributed by atoms with van der Waals surface area (Å²) >= 11 is 0. The second-order valence-corrected chi connectivity index (χ2v) is 3.00. The first kappa shape index (κ1) is 9.45. The lowest BCUT2D eigenvalue weighted by Crippen LogP contribution is -2.21. The van der Waals surface area contributed by atoms with Crippen molar-refractivity contribution >= 4 is 0 Å². The van der Waals surface area contributed by atoms with Crippen LogP contribution < -0.4 is 10.4 Å². The van der Waals surface area contributed by atoms with E-state index in [0.29, 0.717) is 11.4 Å². The summed E-state index contributed by atoms with van der Waals surface area (Å²) in [6, 6.07) is 7.06. The highest BCUT2D eigenvalue weighted by atomic mass is 16.5. The molecule has 0 spiro atoms. The Morgan fingerprint density at radius 3 is 2.73 bits per heavy atom. The van der Waals surface area contributed by atoms with Crippen LogP contribution >= 0.6 is 0 Å². The highest BCUT2D eigenvalue weighted by Gasteiger charge is 2.05. The fraction of sp³-hybridized carbons (Fsp3) is 0.222. The number of ether oxygens (including phenoxy) is 1. The van der Waals surface area contributed by atoms with Crippen molar-refractivity contribution in [2.24, 2.45) is 7.05 Å². The normalized spacial score (nSPS) is 10.3. The summed E-state index contributed by atoms with van der Waals surface area (Å²) < 4.78 is 7.43. The van der Waals surface area contributed by atoms with Crippen molar-refractivity contribution in [1.82, 2.24) is 19.8 Å². The molecule has 0 radical (unpaired) electrons. The Bertz CT molecular complexity index is 529. The van der Waals surface area contributed by atoms with Crippen LogP contribution in [0.4, 0.5) is 0 Å². The van der Waals surface area contributed by atoms with Gasteiger partial charge in [0.2, 0.25) is 0 Å². The van der Waals surface area contributed by atoms with Gasteiger partial charge in [0, 0.05) is 13.1 Å². The van der Waals surface area contributed by atoms with Gasteiger partial charge < -0.3 is 4.74 Å². The summed E-state index contributed by atoms with van der Waals surface area (Å²) in [7, 11) is 3.12. The number of hydrogen-bond donors (Lipinski definition) is 0. The molecular formula is C9H10N4O2. The zero-order valence-electron chi connectivity index (χ0n) is 8.41. The molecule has 2 aromatic rings. The van der Waals surface area contributed by atoms with E-state index in [2.05, 4.69) is 10.4 Å². The number of methoxy groups -OCH3 is 1. The molecule has 0 aliphatic carbocycles. The lowest BCUT2D eigenvalue weighted by atomic mass is 10.3. The van der Waals surface area contributed by atoms with Gasteiger partial charge in [0.15, 0.2) is 0 Å². The molecule has 1 aromatic carbocycles. The first-order valence-corrected chi connectivity index (χ1v) is 4.36. The minimum Gasteiger partial charge on any atom is -0.497 e. The molecule has 2 rings (SSSR count). The lowest BCUT2D eigenvalue weighted by molar-refractivity contribution is 0.414. The van der Waals surface area contributed by atoms with Crippen LogP contribution in [-0.4, -0.2) is 26.9 Å². The molecule has 0 bridgehead atoms. The minimum atomic E-state index is -0.289. The molecule has 0 amide bonds. The van der Waals surface area contributed by atoms with Crippen LogP contribution in [0.3, 0.4) is 0 Å². The van der Waals surface area contributed by atoms with E-state index in [-0.39, 0.29) is 5.69 Å². The Hall–Kier alpha value is -2.11. The van der Waals surface area contributed by atoms with E-state index in [1.807, 2.05) is 0 Å². The summed E-state index contributed by atoms with van der Waals surface area (Å²) in [5, 5.41) is 7.35. The molecule has 6 nitrogen and oxygen atoms in total. The number of rotatable bonds is 2. The Morgan fingerprint density at radius 2 is 2.13 bits per heavy atom. The van der Waals surface area contributed by atoms with E-state index in [1.54, 1.807) is 38.4 Å². The van der Waals surface area contributed by atoms with Crippen LogP contribution in [0, 0.1) is 0 Å². The molecule has 6 heteroatoms. The topological polar surface area (TPSA) is 61.9 Å². The van der Waals surface area contributed by atoms with Gasteiger partial charge in [-0.05, 0) is 22.6 Å².